The van der Waals surface area contributed by atoms with E-state index in [1.54, 1.807) is 12.1 Å². The Morgan fingerprint density at radius 3 is 2.71 bits per heavy atom. The monoisotopic (exact) mass is 192 g/mol. The zero-order valence-corrected chi connectivity index (χ0v) is 7.95. The summed E-state index contributed by atoms with van der Waals surface area (Å²) < 4.78 is 18.0. The molecule has 0 aromatic heterocycles. The van der Waals surface area contributed by atoms with Crippen LogP contribution in [-0.4, -0.2) is 12.7 Å². The largest absolute Gasteiger partial charge is 0.374 e. The number of rotatable bonds is 2. The molecule has 1 heterocycles. The molecule has 1 nitrogen and oxygen atoms in total. The number of hydrogen-bond donors (Lipinski definition) is 0. The van der Waals surface area contributed by atoms with Crippen molar-refractivity contribution in [2.75, 3.05) is 6.61 Å². The first-order chi connectivity index (χ1) is 6.84. The van der Waals surface area contributed by atoms with Crippen molar-refractivity contribution in [1.29, 1.82) is 0 Å². The molecule has 1 aliphatic rings. The highest BCUT2D eigenvalue weighted by Crippen LogP contribution is 2.14. The van der Waals surface area contributed by atoms with Crippen LogP contribution in [0.4, 0.5) is 4.39 Å². The van der Waals surface area contributed by atoms with Crippen LogP contribution in [0.2, 0.25) is 0 Å². The SMILES string of the molecule is Fc1ccc(/C=C\[C@H]2CCCO2)cc1. The van der Waals surface area contributed by atoms with Crippen LogP contribution >= 0.6 is 0 Å². The van der Waals surface area contributed by atoms with Gasteiger partial charge in [-0.05, 0) is 30.5 Å². The Labute approximate surface area is 83.2 Å². The van der Waals surface area contributed by atoms with Gasteiger partial charge in [-0.3, -0.25) is 0 Å². The quantitative estimate of drug-likeness (QED) is 0.699. The third kappa shape index (κ3) is 2.42. The summed E-state index contributed by atoms with van der Waals surface area (Å²) >= 11 is 0. The first kappa shape index (κ1) is 9.41. The van der Waals surface area contributed by atoms with Crippen LogP contribution in [0.15, 0.2) is 30.3 Å². The highest BCUT2D eigenvalue weighted by Gasteiger charge is 2.10. The molecule has 1 aromatic rings. The predicted octanol–water partition coefficient (Wildman–Crippen LogP) is 3.02. The number of halogens is 1. The molecular formula is C12H13FO. The van der Waals surface area contributed by atoms with Gasteiger partial charge in [0.2, 0.25) is 0 Å². The van der Waals surface area contributed by atoms with Crippen LogP contribution in [0.1, 0.15) is 18.4 Å². The molecule has 0 bridgehead atoms. The number of ether oxygens (including phenoxy) is 1. The van der Waals surface area contributed by atoms with Crippen LogP contribution < -0.4 is 0 Å². The molecule has 0 aliphatic carbocycles. The first-order valence-corrected chi connectivity index (χ1v) is 4.90. The van der Waals surface area contributed by atoms with Crippen LogP contribution in [0.25, 0.3) is 6.08 Å². The van der Waals surface area contributed by atoms with Crippen molar-refractivity contribution >= 4 is 6.08 Å². The lowest BCUT2D eigenvalue weighted by atomic mass is 10.1. The van der Waals surface area contributed by atoms with E-state index < -0.39 is 0 Å². The fourth-order valence-electron chi connectivity index (χ4n) is 1.55. The van der Waals surface area contributed by atoms with Gasteiger partial charge in [-0.25, -0.2) is 4.39 Å². The molecule has 74 valence electrons. The van der Waals surface area contributed by atoms with Gasteiger partial charge in [0, 0.05) is 6.61 Å². The molecule has 1 atom stereocenters. The van der Waals surface area contributed by atoms with Gasteiger partial charge in [0.05, 0.1) is 6.10 Å². The maximum atomic E-state index is 12.6. The lowest BCUT2D eigenvalue weighted by Gasteiger charge is -2.01. The molecule has 1 aromatic carbocycles. The van der Waals surface area contributed by atoms with E-state index in [0.717, 1.165) is 25.0 Å². The van der Waals surface area contributed by atoms with Crippen molar-refractivity contribution in [3.05, 3.63) is 41.7 Å². The first-order valence-electron chi connectivity index (χ1n) is 4.90. The summed E-state index contributed by atoms with van der Waals surface area (Å²) in [5.74, 6) is -0.195. The lowest BCUT2D eigenvalue weighted by Crippen LogP contribution is -1.98. The lowest BCUT2D eigenvalue weighted by molar-refractivity contribution is 0.146. The maximum Gasteiger partial charge on any atom is 0.123 e. The van der Waals surface area contributed by atoms with Crippen molar-refractivity contribution < 1.29 is 9.13 Å². The van der Waals surface area contributed by atoms with Gasteiger partial charge in [-0.15, -0.1) is 0 Å². The Bertz CT molecular complexity index is 310. The van der Waals surface area contributed by atoms with Crippen molar-refractivity contribution in [3.63, 3.8) is 0 Å². The van der Waals surface area contributed by atoms with Crippen LogP contribution in [0, 0.1) is 5.82 Å². The minimum Gasteiger partial charge on any atom is -0.374 e. The number of benzene rings is 1. The zero-order chi connectivity index (χ0) is 9.80. The molecule has 14 heavy (non-hydrogen) atoms. The minimum atomic E-state index is -0.195. The van der Waals surface area contributed by atoms with Crippen LogP contribution in [0.3, 0.4) is 0 Å². The Kier molecular flexibility index (Phi) is 2.94. The molecule has 0 N–H and O–H groups in total. The summed E-state index contributed by atoms with van der Waals surface area (Å²) in [4.78, 5) is 0. The second kappa shape index (κ2) is 4.38. The van der Waals surface area contributed by atoms with Gasteiger partial charge < -0.3 is 4.74 Å². The van der Waals surface area contributed by atoms with E-state index in [1.807, 2.05) is 12.2 Å². The average molecular weight is 192 g/mol. The second-order valence-corrected chi connectivity index (χ2v) is 3.46. The smallest absolute Gasteiger partial charge is 0.123 e. The molecular weight excluding hydrogens is 179 g/mol. The molecule has 1 aliphatic heterocycles. The highest BCUT2D eigenvalue weighted by molar-refractivity contribution is 5.49. The molecule has 1 saturated heterocycles. The summed E-state index contributed by atoms with van der Waals surface area (Å²) in [6, 6.07) is 6.46. The van der Waals surface area contributed by atoms with Crippen molar-refractivity contribution in [3.8, 4) is 0 Å². The molecule has 0 spiro atoms. The van der Waals surface area contributed by atoms with E-state index in [-0.39, 0.29) is 11.9 Å². The third-order valence-electron chi connectivity index (χ3n) is 2.34. The minimum absolute atomic E-state index is 0.195. The summed E-state index contributed by atoms with van der Waals surface area (Å²) in [5.41, 5.74) is 1.02. The molecule has 1 fully saturated rings. The summed E-state index contributed by atoms with van der Waals surface area (Å²) in [5, 5.41) is 0. The van der Waals surface area contributed by atoms with Gasteiger partial charge in [0.25, 0.3) is 0 Å². The van der Waals surface area contributed by atoms with Gasteiger partial charge in [-0.1, -0.05) is 24.3 Å². The normalized spacial score (nSPS) is 21.9. The Morgan fingerprint density at radius 2 is 2.07 bits per heavy atom. The fourth-order valence-corrected chi connectivity index (χ4v) is 1.55. The van der Waals surface area contributed by atoms with E-state index in [4.69, 9.17) is 4.74 Å². The molecule has 0 radical (unpaired) electrons. The van der Waals surface area contributed by atoms with Crippen molar-refractivity contribution in [2.24, 2.45) is 0 Å². The van der Waals surface area contributed by atoms with Crippen LogP contribution in [0.5, 0.6) is 0 Å². The molecule has 2 heteroatoms. The van der Waals surface area contributed by atoms with Gasteiger partial charge in [-0.2, -0.15) is 0 Å². The Hall–Kier alpha value is -1.15. The van der Waals surface area contributed by atoms with E-state index >= 15 is 0 Å². The summed E-state index contributed by atoms with van der Waals surface area (Å²) in [6.07, 6.45) is 6.51. The zero-order valence-electron chi connectivity index (χ0n) is 7.95. The van der Waals surface area contributed by atoms with Gasteiger partial charge in [0.15, 0.2) is 0 Å². The average Bonchev–Trinajstić information content (AvgIpc) is 2.70. The van der Waals surface area contributed by atoms with E-state index in [2.05, 4.69) is 0 Å². The molecule has 0 saturated carbocycles. The summed E-state index contributed by atoms with van der Waals surface area (Å²) in [7, 11) is 0. The van der Waals surface area contributed by atoms with Crippen molar-refractivity contribution in [1.82, 2.24) is 0 Å². The maximum absolute atomic E-state index is 12.6. The van der Waals surface area contributed by atoms with E-state index in [1.165, 1.54) is 12.1 Å². The molecule has 0 amide bonds. The Morgan fingerprint density at radius 1 is 1.29 bits per heavy atom. The molecule has 2 rings (SSSR count). The second-order valence-electron chi connectivity index (χ2n) is 3.46. The Balaban J connectivity index is 1.99. The van der Waals surface area contributed by atoms with Gasteiger partial charge >= 0.3 is 0 Å². The topological polar surface area (TPSA) is 9.23 Å². The fraction of sp³-hybridized carbons (Fsp3) is 0.333. The summed E-state index contributed by atoms with van der Waals surface area (Å²) in [6.45, 7) is 0.860. The van der Waals surface area contributed by atoms with Crippen molar-refractivity contribution in [2.45, 2.75) is 18.9 Å². The number of hydrogen-bond acceptors (Lipinski definition) is 1. The third-order valence-corrected chi connectivity index (χ3v) is 2.34. The van der Waals surface area contributed by atoms with E-state index in [0.29, 0.717) is 0 Å². The van der Waals surface area contributed by atoms with Gasteiger partial charge in [0.1, 0.15) is 5.82 Å². The highest BCUT2D eigenvalue weighted by atomic mass is 19.1. The van der Waals surface area contributed by atoms with E-state index in [9.17, 15) is 4.39 Å². The van der Waals surface area contributed by atoms with Crippen LogP contribution in [-0.2, 0) is 4.74 Å². The predicted molar refractivity (Wildman–Crippen MR) is 54.4 cm³/mol. The molecule has 0 unspecified atom stereocenters. The standard InChI is InChI=1S/C12H13FO/c13-11-6-3-10(4-7-11)5-8-12-2-1-9-14-12/h3-8,12H,1-2,9H2/b8-5-/t12-/m1/s1.